The number of esters is 4. The van der Waals surface area contributed by atoms with Crippen molar-refractivity contribution < 1.29 is 91.6 Å². The van der Waals surface area contributed by atoms with Crippen LogP contribution < -0.4 is 30.9 Å². The highest BCUT2D eigenvalue weighted by atomic mass is 79.9. The third-order valence-electron chi connectivity index (χ3n) is 23.3. The maximum absolute atomic E-state index is 13.5. The first kappa shape index (κ1) is 106. The number of carboxylic acids is 1. The van der Waals surface area contributed by atoms with Gasteiger partial charge in [0.1, 0.15) is 83.4 Å². The molecule has 3 atom stereocenters. The highest BCUT2D eigenvalue weighted by Gasteiger charge is 2.56. The van der Waals surface area contributed by atoms with E-state index in [4.69, 9.17) is 55.5 Å². The molecule has 7 N–H and O–H groups in total. The molecular weight excluding hydrogens is 1980 g/mol. The molecule has 726 valence electrons. The minimum absolute atomic E-state index is 0.00746. The first-order chi connectivity index (χ1) is 67.5. The predicted octanol–water partition coefficient (Wildman–Crippen LogP) is 12.7. The summed E-state index contributed by atoms with van der Waals surface area (Å²) in [7, 11) is 2.38. The number of hydrogen-bond donors (Lipinski definition) is 6. The number of carbonyl (C=O) groups is 9. The van der Waals surface area contributed by atoms with Gasteiger partial charge in [0.15, 0.2) is 11.9 Å². The Balaban J connectivity index is 0.000000156. The van der Waals surface area contributed by atoms with Gasteiger partial charge in [-0.3, -0.25) is 29.0 Å². The number of ether oxygens (including phenoxy) is 6. The molecule has 4 aliphatic heterocycles. The molecule has 15 heterocycles. The second-order valence-corrected chi connectivity index (χ2v) is 47.1. The van der Waals surface area contributed by atoms with Gasteiger partial charge >= 0.3 is 35.5 Å². The number of rotatable bonds is 19. The predicted molar refractivity (Wildman–Crippen MR) is 526 cm³/mol. The fraction of sp³-hybridized carbons (Fsp3) is 0.306. The average molecular weight is 2080 g/mol. The van der Waals surface area contributed by atoms with Crippen molar-refractivity contribution in [3.63, 3.8) is 0 Å². The number of alkyl halides is 2. The fourth-order valence-electron chi connectivity index (χ4n) is 16.0. The minimum Gasteiger partial charge on any atom is -0.618 e. The smallest absolute Gasteiger partial charge is 0.405 e. The number of aliphatic hydroxyl groups is 2. The van der Waals surface area contributed by atoms with Crippen LogP contribution in [0.5, 0.6) is 0 Å². The summed E-state index contributed by atoms with van der Waals surface area (Å²) in [4.78, 5) is 161. The van der Waals surface area contributed by atoms with Crippen LogP contribution in [0.2, 0.25) is 51.4 Å². The number of amides is 4. The van der Waals surface area contributed by atoms with Crippen LogP contribution in [0.3, 0.4) is 0 Å². The third-order valence-corrected chi connectivity index (χ3v) is 27.8. The number of aromatic carboxylic acids is 1. The maximum Gasteiger partial charge on any atom is 0.405 e. The molecular formula is C98H98Br2N20O19Si2. The van der Waals surface area contributed by atoms with Crippen molar-refractivity contribution in [1.29, 1.82) is 5.26 Å². The van der Waals surface area contributed by atoms with E-state index in [0.29, 0.717) is 115 Å². The van der Waals surface area contributed by atoms with Gasteiger partial charge in [-0.15, -0.1) is 15.0 Å². The number of carbonyl (C=O) groups excluding carboxylic acids is 8. The van der Waals surface area contributed by atoms with Crippen molar-refractivity contribution in [2.45, 2.75) is 136 Å². The SMILES string of the molecule is COC(=O)c1ccc[n+]([O-])c1C(=O)OC.C[Si](C)(C)CCOCN1C(=O)C2(Cc3ccc(C#N)nc3C2)c2cccnc21.C[Si](C)(C)CCOCN1C(=O)Cc2cccnc21.Nc1ccc2c(n1)CC1(C2)C(=O)Nc2ncccc21.O=C(O)c1ccc2c(n1)CC1(C2)C(=O)Nc2ncccc21.[C-]#[N+]c1ccc(C(=O)OC)c(C(=O)OC)n1.[C-]#[N+]c1ccc(CBr)c(CBr)n1.[C-]#[N+]c1ccc(CO)c(CO)n1. The third kappa shape index (κ3) is 24.9. The number of nitriles is 1. The number of nitrogen functional groups attached to an aromatic ring is 1. The highest BCUT2D eigenvalue weighted by molar-refractivity contribution is 9.09. The number of nitrogens with one attached hydrogen (secondary N) is 2. The van der Waals surface area contributed by atoms with Gasteiger partial charge in [0, 0.05) is 135 Å². The molecule has 4 amide bonds. The van der Waals surface area contributed by atoms with Crippen LogP contribution in [-0.2, 0) is 133 Å². The molecule has 141 heavy (non-hydrogen) atoms. The Kier molecular flexibility index (Phi) is 35.6. The number of anilines is 5. The van der Waals surface area contributed by atoms with Gasteiger partial charge in [-0.05, 0) is 115 Å². The Morgan fingerprint density at radius 1 is 0.525 bits per heavy atom. The van der Waals surface area contributed by atoms with Crippen molar-refractivity contribution in [2.75, 3.05) is 81.3 Å². The molecule has 18 rings (SSSR count). The van der Waals surface area contributed by atoms with Gasteiger partial charge in [0.25, 0.3) is 23.1 Å². The van der Waals surface area contributed by atoms with Crippen LogP contribution in [0.25, 0.3) is 14.5 Å². The number of hydrogen-bond acceptors (Lipinski definition) is 30. The summed E-state index contributed by atoms with van der Waals surface area (Å²) in [6.45, 7) is 35.6. The number of halogens is 2. The summed E-state index contributed by atoms with van der Waals surface area (Å²) in [5.74, 6) is -0.268. The number of nitrogens with two attached hydrogens (primary N) is 1. The monoisotopic (exact) mass is 2070 g/mol. The molecule has 0 radical (unpaired) electrons. The molecule has 0 saturated carbocycles. The van der Waals surface area contributed by atoms with Crippen LogP contribution >= 0.6 is 31.9 Å². The molecule has 3 spiro atoms. The number of nitrogens with zero attached hydrogens (tertiary/aromatic N) is 17. The van der Waals surface area contributed by atoms with Crippen molar-refractivity contribution in [1.82, 2.24) is 49.8 Å². The van der Waals surface area contributed by atoms with Gasteiger partial charge in [-0.25, -0.2) is 58.9 Å². The van der Waals surface area contributed by atoms with Gasteiger partial charge in [0.05, 0.1) is 63.0 Å². The number of fused-ring (bicyclic) bond motifs is 10. The van der Waals surface area contributed by atoms with Crippen LogP contribution in [0.15, 0.2) is 164 Å². The number of aromatic nitrogens is 11. The first-order valence-electron chi connectivity index (χ1n) is 43.5. The quantitative estimate of drug-likeness (QED) is 0.00640. The standard InChI is InChI=1S/C21H24N4O2Si.C15H11N3O3.C14H12N4O.C13H20N2O2Si.C10H8N2O4.C9H9NO5.C8H6Br2N2.C8H8N2O2/c1-28(2,3)10-9-27-14-25-19-17(5-4-8-23-19)21(20(25)26)11-15-6-7-16(13-22)24-18(15)12-21;19-13(20)10-4-3-8-6-15(7-11(8)17-10)9-2-1-5-16-12(9)18-14(15)21;15-11-4-3-8-6-14(7-10(8)17-11)9-2-1-5-16-12(9)18-13(14)19;1-18(2,3)8-7-17-10-15-12(16)9-11-5-4-6-14-13(11)15;1-11-7-5-4-6(9(13)15-2)8(12-7)10(14)16-3;1-14-8(11)6-4-3-5-10(13)7(6)9(12)15-2;1-11-8-3-2-6(4-9)7(5-10)12-8;1-9-8-3-2-6(4-11)7(5-12)10-8/h4-8H,9-12,14H2,1-3H3;1-5H,6-7H2,(H,19,20)(H,16,18,21);1-5H,6-7H2,(H2,15,17)(H,16,18,19);4-6H,7-10H2,1-3H3;4-5H,2-3H3;3-5H,1-2H3;2-3H,4-5H2;2-3,11-12H,4-5H2. The van der Waals surface area contributed by atoms with Crippen molar-refractivity contribution in [3.8, 4) is 6.07 Å². The Morgan fingerprint density at radius 3 is 1.55 bits per heavy atom. The molecule has 39 nitrogen and oxygen atoms in total. The van der Waals surface area contributed by atoms with E-state index in [0.717, 1.165) is 119 Å². The lowest BCUT2D eigenvalue weighted by molar-refractivity contribution is -0.608. The zero-order chi connectivity index (χ0) is 102. The number of pyridine rings is 11. The highest BCUT2D eigenvalue weighted by Crippen LogP contribution is 2.51. The molecule has 0 aromatic carbocycles. The first-order valence-corrected chi connectivity index (χ1v) is 53.2. The Hall–Kier alpha value is -15.3. The molecule has 3 unspecified atom stereocenters. The van der Waals surface area contributed by atoms with Crippen LogP contribution in [0, 0.1) is 36.3 Å². The number of methoxy groups -OCH3 is 4. The summed E-state index contributed by atoms with van der Waals surface area (Å²) in [5, 5.41) is 54.2. The second-order valence-electron chi connectivity index (χ2n) is 34.8. The molecule has 11 aromatic rings. The zero-order valence-corrected chi connectivity index (χ0v) is 83.6. The van der Waals surface area contributed by atoms with E-state index in [1.165, 1.54) is 43.5 Å². The van der Waals surface area contributed by atoms with E-state index < -0.39 is 62.2 Å². The van der Waals surface area contributed by atoms with Gasteiger partial charge in [-0.2, -0.15) is 9.99 Å². The summed E-state index contributed by atoms with van der Waals surface area (Å²) in [6.07, 6.45) is 11.6. The zero-order valence-electron chi connectivity index (χ0n) is 78.4. The van der Waals surface area contributed by atoms with Crippen molar-refractivity contribution in [2.24, 2.45) is 0 Å². The van der Waals surface area contributed by atoms with E-state index in [1.54, 1.807) is 71.0 Å². The average Bonchev–Trinajstić information content (AvgIpc) is 1.55. The van der Waals surface area contributed by atoms with Crippen molar-refractivity contribution >= 4 is 148 Å². The largest absolute Gasteiger partial charge is 0.618 e. The summed E-state index contributed by atoms with van der Waals surface area (Å²) in [6, 6.07) is 42.1. The van der Waals surface area contributed by atoms with Gasteiger partial charge < -0.3 is 79.9 Å². The Bertz CT molecular complexity index is 6740. The molecule has 3 aliphatic carbocycles. The van der Waals surface area contributed by atoms with Gasteiger partial charge in [-0.1, -0.05) is 152 Å². The molecule has 0 bridgehead atoms. The summed E-state index contributed by atoms with van der Waals surface area (Å²) >= 11 is 6.68. The second kappa shape index (κ2) is 47.4. The fourth-order valence-corrected chi connectivity index (χ4v) is 18.5. The lowest BCUT2D eigenvalue weighted by Crippen LogP contribution is -2.42. The minimum atomic E-state index is -1.19. The van der Waals surface area contributed by atoms with Crippen LogP contribution in [0.4, 0.5) is 46.5 Å². The van der Waals surface area contributed by atoms with E-state index in [9.17, 15) is 48.4 Å². The maximum atomic E-state index is 13.5. The van der Waals surface area contributed by atoms with E-state index in [-0.39, 0.29) is 88.1 Å². The molecule has 0 saturated heterocycles. The molecule has 7 aliphatic rings. The topological polar surface area (TPSA) is 519 Å². The Morgan fingerprint density at radius 2 is 1.01 bits per heavy atom. The Labute approximate surface area is 829 Å². The molecule has 0 fully saturated rings. The normalized spacial score (nSPS) is 16.0. The number of carboxylic acid groups (broad SMARTS) is 1. The summed E-state index contributed by atoms with van der Waals surface area (Å²) in [5.41, 5.74) is 15.7. The molecule has 11 aromatic heterocycles. The lowest BCUT2D eigenvalue weighted by Gasteiger charge is -2.23. The molecule has 43 heteroatoms. The van der Waals surface area contributed by atoms with E-state index >= 15 is 0 Å². The van der Waals surface area contributed by atoms with E-state index in [2.05, 4.69) is 171 Å². The van der Waals surface area contributed by atoms with Crippen LogP contribution in [0.1, 0.15) is 136 Å². The summed E-state index contributed by atoms with van der Waals surface area (Å²) < 4.78 is 29.5. The van der Waals surface area contributed by atoms with Crippen LogP contribution in [-0.4, -0.2) is 190 Å². The van der Waals surface area contributed by atoms with Gasteiger partial charge in [0.2, 0.25) is 23.6 Å². The lowest BCUT2D eigenvalue weighted by atomic mass is 9.80. The van der Waals surface area contributed by atoms with Crippen molar-refractivity contribution in [3.05, 3.63) is 316 Å². The van der Waals surface area contributed by atoms with E-state index in [1.807, 2.05) is 60.7 Å². The number of aliphatic hydroxyl groups excluding tert-OH is 2.